The number of fused-ring (bicyclic) bond motifs is 1. The first kappa shape index (κ1) is 16.3. The maximum Gasteiger partial charge on any atom is 0.167 e. The summed E-state index contributed by atoms with van der Waals surface area (Å²) in [4.78, 5) is 12.4. The summed E-state index contributed by atoms with van der Waals surface area (Å²) in [6.45, 7) is 0. The number of para-hydroxylation sites is 1. The van der Waals surface area contributed by atoms with Crippen LogP contribution in [-0.4, -0.2) is 20.0 Å². The van der Waals surface area contributed by atoms with Crippen molar-refractivity contribution in [2.75, 3.05) is 19.5 Å². The second-order valence-corrected chi connectivity index (χ2v) is 6.85. The first-order valence-electron chi connectivity index (χ1n) is 7.05. The Balaban J connectivity index is 2.08. The molecule has 1 N–H and O–H groups in total. The lowest BCUT2D eigenvalue weighted by Gasteiger charge is -2.28. The number of hydrogen-bond acceptors (Lipinski definition) is 4. The van der Waals surface area contributed by atoms with Crippen molar-refractivity contribution in [3.63, 3.8) is 0 Å². The van der Waals surface area contributed by atoms with E-state index in [0.717, 1.165) is 25.8 Å². The number of ether oxygens (including phenoxy) is 2. The lowest BCUT2D eigenvalue weighted by atomic mass is 9.92. The Labute approximate surface area is 151 Å². The Kier molecular flexibility index (Phi) is 4.64. The van der Waals surface area contributed by atoms with Crippen molar-refractivity contribution < 1.29 is 14.3 Å². The highest BCUT2D eigenvalue weighted by Gasteiger charge is 2.29. The van der Waals surface area contributed by atoms with Crippen LogP contribution in [0.1, 0.15) is 28.4 Å². The first-order valence-corrected chi connectivity index (χ1v) is 8.64. The van der Waals surface area contributed by atoms with E-state index in [1.807, 2.05) is 30.3 Å². The second-order valence-electron chi connectivity index (χ2n) is 5.20. The summed E-state index contributed by atoms with van der Waals surface area (Å²) in [6.07, 6.45) is 0.374. The molecule has 0 spiro atoms. The first-order chi connectivity index (χ1) is 11.1. The van der Waals surface area contributed by atoms with Crippen LogP contribution in [0.3, 0.4) is 0 Å². The Morgan fingerprint density at radius 2 is 1.83 bits per heavy atom. The van der Waals surface area contributed by atoms with Gasteiger partial charge in [0.2, 0.25) is 0 Å². The predicted molar refractivity (Wildman–Crippen MR) is 96.7 cm³/mol. The van der Waals surface area contributed by atoms with Gasteiger partial charge in [0.15, 0.2) is 11.5 Å². The van der Waals surface area contributed by atoms with Crippen molar-refractivity contribution in [2.45, 2.75) is 12.5 Å². The van der Waals surface area contributed by atoms with Crippen molar-refractivity contribution in [1.82, 2.24) is 0 Å². The zero-order chi connectivity index (χ0) is 16.6. The summed E-state index contributed by atoms with van der Waals surface area (Å²) in [5.41, 5.74) is 2.48. The van der Waals surface area contributed by atoms with Gasteiger partial charge in [-0.3, -0.25) is 4.79 Å². The normalized spacial score (nSPS) is 16.5. The number of Topliss-reactive ketones (excluding diaryl/α,β-unsaturated/α-hetero) is 1. The lowest BCUT2D eigenvalue weighted by molar-refractivity contribution is 0.0972. The fraction of sp³-hybridized carbons (Fsp3) is 0.235. The third-order valence-corrected chi connectivity index (χ3v) is 5.20. The average Bonchev–Trinajstić information content (AvgIpc) is 2.54. The molecular formula is C17H15Br2NO3. The number of hydrogen-bond donors (Lipinski definition) is 1. The molecule has 23 heavy (non-hydrogen) atoms. The van der Waals surface area contributed by atoms with Gasteiger partial charge < -0.3 is 14.8 Å². The average molecular weight is 441 g/mol. The van der Waals surface area contributed by atoms with Crippen molar-refractivity contribution >= 4 is 43.3 Å². The summed E-state index contributed by atoms with van der Waals surface area (Å²) in [5.74, 6) is 1.44. The fourth-order valence-corrected chi connectivity index (χ4v) is 4.47. The molecule has 0 bridgehead atoms. The van der Waals surface area contributed by atoms with Crippen molar-refractivity contribution in [2.24, 2.45) is 0 Å². The molecule has 1 unspecified atom stereocenters. The summed E-state index contributed by atoms with van der Waals surface area (Å²) >= 11 is 7.04. The van der Waals surface area contributed by atoms with Crippen LogP contribution in [0.5, 0.6) is 11.5 Å². The topological polar surface area (TPSA) is 47.6 Å². The number of carbonyl (C=O) groups excluding carboxylic acids is 1. The molecule has 0 fully saturated rings. The van der Waals surface area contributed by atoms with Crippen molar-refractivity contribution in [3.8, 4) is 11.5 Å². The standard InChI is InChI=1S/C17H15Br2NO3/c1-22-16-10(7-11(18)17(23-2)15(16)19)13-8-14(21)9-5-3-4-6-12(9)20-13/h3-7,13,20H,8H2,1-2H3. The van der Waals surface area contributed by atoms with Crippen molar-refractivity contribution in [1.29, 1.82) is 0 Å². The molecule has 0 aliphatic carbocycles. The minimum atomic E-state index is -0.161. The molecule has 1 heterocycles. The van der Waals surface area contributed by atoms with E-state index in [-0.39, 0.29) is 11.8 Å². The van der Waals surface area contributed by atoms with E-state index in [1.54, 1.807) is 14.2 Å². The minimum Gasteiger partial charge on any atom is -0.495 e. The summed E-state index contributed by atoms with van der Waals surface area (Å²) < 4.78 is 12.5. The molecule has 2 aromatic carbocycles. The van der Waals surface area contributed by atoms with Crippen LogP contribution in [0, 0.1) is 0 Å². The van der Waals surface area contributed by atoms with E-state index in [9.17, 15) is 4.79 Å². The second kappa shape index (κ2) is 6.53. The van der Waals surface area contributed by atoms with Crippen molar-refractivity contribution in [3.05, 3.63) is 50.4 Å². The van der Waals surface area contributed by atoms with E-state index in [0.29, 0.717) is 17.9 Å². The van der Waals surface area contributed by atoms with Gasteiger partial charge in [-0.15, -0.1) is 0 Å². The zero-order valence-electron chi connectivity index (χ0n) is 12.7. The third-order valence-electron chi connectivity index (χ3n) is 3.89. The van der Waals surface area contributed by atoms with E-state index in [2.05, 4.69) is 37.2 Å². The number of anilines is 1. The molecule has 0 radical (unpaired) electrons. The van der Waals surface area contributed by atoms with Gasteiger partial charge in [-0.25, -0.2) is 0 Å². The molecule has 0 saturated heterocycles. The summed E-state index contributed by atoms with van der Waals surface area (Å²) in [5, 5.41) is 3.43. The monoisotopic (exact) mass is 439 g/mol. The number of nitrogens with one attached hydrogen (secondary N) is 1. The maximum atomic E-state index is 12.4. The van der Waals surface area contributed by atoms with Crippen LogP contribution in [0.15, 0.2) is 39.3 Å². The highest BCUT2D eigenvalue weighted by molar-refractivity contribution is 9.11. The minimum absolute atomic E-state index is 0.120. The predicted octanol–water partition coefficient (Wildman–Crippen LogP) is 4.97. The SMILES string of the molecule is COc1c(Br)cc(C2CC(=O)c3ccccc3N2)c(OC)c1Br. The van der Waals surface area contributed by atoms with Crippen LogP contribution in [-0.2, 0) is 0 Å². The van der Waals surface area contributed by atoms with Crippen LogP contribution in [0.2, 0.25) is 0 Å². The lowest BCUT2D eigenvalue weighted by Crippen LogP contribution is -2.23. The number of rotatable bonds is 3. The van der Waals surface area contributed by atoms with Crippen LogP contribution < -0.4 is 14.8 Å². The van der Waals surface area contributed by atoms with Crippen LogP contribution in [0.4, 0.5) is 5.69 Å². The maximum absolute atomic E-state index is 12.4. The third kappa shape index (κ3) is 2.85. The zero-order valence-corrected chi connectivity index (χ0v) is 15.8. The van der Waals surface area contributed by atoms with E-state index in [1.165, 1.54) is 0 Å². The molecule has 0 aromatic heterocycles. The molecular weight excluding hydrogens is 426 g/mol. The largest absolute Gasteiger partial charge is 0.495 e. The molecule has 120 valence electrons. The Bertz CT molecular complexity index is 777. The molecule has 3 rings (SSSR count). The number of ketones is 1. The molecule has 0 amide bonds. The quantitative estimate of drug-likeness (QED) is 0.731. The van der Waals surface area contributed by atoms with E-state index in [4.69, 9.17) is 9.47 Å². The van der Waals surface area contributed by atoms with Gasteiger partial charge in [0.05, 0.1) is 24.7 Å². The van der Waals surface area contributed by atoms with Crippen LogP contribution >= 0.6 is 31.9 Å². The summed E-state index contributed by atoms with van der Waals surface area (Å²) in [6, 6.07) is 9.32. The van der Waals surface area contributed by atoms with E-state index < -0.39 is 0 Å². The van der Waals surface area contributed by atoms with Gasteiger partial charge in [-0.2, -0.15) is 0 Å². The molecule has 0 saturated carbocycles. The smallest absolute Gasteiger partial charge is 0.167 e. The highest BCUT2D eigenvalue weighted by Crippen LogP contribution is 2.46. The molecule has 6 heteroatoms. The number of carbonyl (C=O) groups is 1. The van der Waals surface area contributed by atoms with Gasteiger partial charge in [-0.05, 0) is 50.1 Å². The number of halogens is 2. The fourth-order valence-electron chi connectivity index (χ4n) is 2.83. The van der Waals surface area contributed by atoms with Crippen LogP contribution in [0.25, 0.3) is 0 Å². The van der Waals surface area contributed by atoms with E-state index >= 15 is 0 Å². The molecule has 1 aliphatic rings. The molecule has 1 aliphatic heterocycles. The van der Waals surface area contributed by atoms with Gasteiger partial charge in [0, 0.05) is 23.2 Å². The van der Waals surface area contributed by atoms with Gasteiger partial charge >= 0.3 is 0 Å². The van der Waals surface area contributed by atoms with Gasteiger partial charge in [-0.1, -0.05) is 12.1 Å². The Hall–Kier alpha value is -1.53. The molecule has 2 aromatic rings. The Morgan fingerprint density at radius 1 is 1.13 bits per heavy atom. The summed E-state index contributed by atoms with van der Waals surface area (Å²) in [7, 11) is 3.21. The molecule has 1 atom stereocenters. The number of methoxy groups -OCH3 is 2. The van der Waals surface area contributed by atoms with Gasteiger partial charge in [0.1, 0.15) is 10.2 Å². The highest BCUT2D eigenvalue weighted by atomic mass is 79.9. The number of benzene rings is 2. The Morgan fingerprint density at radius 3 is 2.52 bits per heavy atom. The van der Waals surface area contributed by atoms with Gasteiger partial charge in [0.25, 0.3) is 0 Å². The molecule has 4 nitrogen and oxygen atoms in total.